The highest BCUT2D eigenvalue weighted by Gasteiger charge is 2.29. The van der Waals surface area contributed by atoms with Gasteiger partial charge in [0.05, 0.1) is 96.5 Å². The summed E-state index contributed by atoms with van der Waals surface area (Å²) in [5.74, 6) is 1.46. The summed E-state index contributed by atoms with van der Waals surface area (Å²) in [6.45, 7) is 10.9. The Morgan fingerprint density at radius 3 is 2.14 bits per heavy atom. The first-order valence-electron chi connectivity index (χ1n) is 19.8. The first-order valence-corrected chi connectivity index (χ1v) is 20.1. The molecule has 0 bridgehead atoms. The van der Waals surface area contributed by atoms with Crippen LogP contribution in [0.3, 0.4) is 0 Å². The van der Waals surface area contributed by atoms with Crippen LogP contribution in [0.2, 0.25) is 5.02 Å². The molecule has 2 fully saturated rings. The van der Waals surface area contributed by atoms with E-state index in [4.69, 9.17) is 54.6 Å². The van der Waals surface area contributed by atoms with Crippen LogP contribution in [0.4, 0.5) is 11.6 Å². The fraction of sp³-hybridized carbons (Fsp3) is 0.615. The van der Waals surface area contributed by atoms with Gasteiger partial charge in [-0.1, -0.05) is 17.7 Å². The lowest BCUT2D eigenvalue weighted by Crippen LogP contribution is -2.45. The third-order valence-electron chi connectivity index (χ3n) is 9.72. The van der Waals surface area contributed by atoms with Crippen molar-refractivity contribution >= 4 is 23.2 Å². The van der Waals surface area contributed by atoms with E-state index in [0.29, 0.717) is 107 Å². The number of morpholine rings is 1. The zero-order valence-electron chi connectivity index (χ0n) is 33.0. The molecule has 0 spiro atoms. The van der Waals surface area contributed by atoms with Crippen molar-refractivity contribution in [3.63, 3.8) is 0 Å². The zero-order valence-corrected chi connectivity index (χ0v) is 33.8. The molecule has 0 radical (unpaired) electrons. The fourth-order valence-electron chi connectivity index (χ4n) is 6.77. The summed E-state index contributed by atoms with van der Waals surface area (Å²) in [6, 6.07) is 6.47. The van der Waals surface area contributed by atoms with Gasteiger partial charge in [0.1, 0.15) is 36.8 Å². The van der Waals surface area contributed by atoms with Gasteiger partial charge in [-0.2, -0.15) is 5.10 Å². The second-order valence-corrected chi connectivity index (χ2v) is 14.2. The van der Waals surface area contributed by atoms with E-state index < -0.39 is 0 Å². The molecule has 1 aromatic carbocycles. The van der Waals surface area contributed by atoms with Gasteiger partial charge in [-0.05, 0) is 50.3 Å². The van der Waals surface area contributed by atoms with E-state index in [-0.39, 0.29) is 12.1 Å². The maximum Gasteiger partial charge on any atom is 0.257 e. The number of halogens is 1. The molecule has 2 aliphatic rings. The van der Waals surface area contributed by atoms with Crippen LogP contribution in [0.1, 0.15) is 38.6 Å². The predicted octanol–water partition coefficient (Wildman–Crippen LogP) is 4.70. The summed E-state index contributed by atoms with van der Waals surface area (Å²) in [5.41, 5.74) is 2.37. The molecule has 18 heteroatoms. The van der Waals surface area contributed by atoms with Gasteiger partial charge in [0, 0.05) is 44.2 Å². The standard InChI is InChI=1S/C39H56ClN9O8/c1-30(26-48-29-41-28-44-48)57-37-23-31(3-8-35(37)40)32-24-42-39(43-25-32)45-36-27-49(34-6-4-33(5-7-34)47-9-11-51-12-10-47)46-38(36)56-22-21-55-20-19-54-18-17-53-16-15-52-14-13-50-2/h3,8,23-25,27-30,33-34H,4-7,9-22,26H2,1-2H3,(H,42,43,45)/t30-,33?,34?/m0/s1. The molecule has 4 aromatic rings. The smallest absolute Gasteiger partial charge is 0.257 e. The number of hydrogen-bond donors (Lipinski definition) is 1. The van der Waals surface area contributed by atoms with E-state index in [1.54, 1.807) is 30.5 Å². The monoisotopic (exact) mass is 813 g/mol. The Balaban J connectivity index is 1.01. The van der Waals surface area contributed by atoms with Crippen molar-refractivity contribution in [1.29, 1.82) is 0 Å². The van der Waals surface area contributed by atoms with Crippen molar-refractivity contribution in [3.05, 3.63) is 54.5 Å². The van der Waals surface area contributed by atoms with Crippen LogP contribution in [0.15, 0.2) is 49.4 Å². The van der Waals surface area contributed by atoms with Gasteiger partial charge in [0.15, 0.2) is 0 Å². The highest BCUT2D eigenvalue weighted by molar-refractivity contribution is 6.32. The van der Waals surface area contributed by atoms with Crippen LogP contribution in [-0.4, -0.2) is 151 Å². The molecular weight excluding hydrogens is 758 g/mol. The molecule has 57 heavy (non-hydrogen) atoms. The Labute approximate surface area is 339 Å². The summed E-state index contributed by atoms with van der Waals surface area (Å²) >= 11 is 6.50. The third kappa shape index (κ3) is 13.8. The lowest BCUT2D eigenvalue weighted by molar-refractivity contribution is -0.00989. The molecule has 1 aliphatic carbocycles. The average molecular weight is 814 g/mol. The summed E-state index contributed by atoms with van der Waals surface area (Å²) in [6.07, 6.45) is 12.8. The predicted molar refractivity (Wildman–Crippen MR) is 212 cm³/mol. The highest BCUT2D eigenvalue weighted by atomic mass is 35.5. The number of hydrogen-bond acceptors (Lipinski definition) is 15. The second kappa shape index (κ2) is 23.5. The molecule has 1 atom stereocenters. The van der Waals surface area contributed by atoms with Crippen LogP contribution in [0.25, 0.3) is 11.1 Å². The van der Waals surface area contributed by atoms with E-state index >= 15 is 0 Å². The van der Waals surface area contributed by atoms with Gasteiger partial charge in [0.25, 0.3) is 5.88 Å². The van der Waals surface area contributed by atoms with Crippen molar-refractivity contribution < 1.29 is 37.9 Å². The minimum atomic E-state index is -0.182. The Morgan fingerprint density at radius 1 is 0.842 bits per heavy atom. The average Bonchev–Trinajstić information content (AvgIpc) is 3.91. The number of benzene rings is 1. The lowest BCUT2D eigenvalue weighted by atomic mass is 9.90. The molecule has 6 rings (SSSR count). The Morgan fingerprint density at radius 2 is 1.49 bits per heavy atom. The van der Waals surface area contributed by atoms with E-state index in [1.807, 2.05) is 36.0 Å². The van der Waals surface area contributed by atoms with E-state index in [9.17, 15) is 0 Å². The molecular formula is C39H56ClN9O8. The van der Waals surface area contributed by atoms with Crippen LogP contribution in [-0.2, 0) is 35.0 Å². The Hall–Kier alpha value is -3.94. The summed E-state index contributed by atoms with van der Waals surface area (Å²) in [5, 5.41) is 12.9. The highest BCUT2D eigenvalue weighted by Crippen LogP contribution is 2.35. The molecule has 1 N–H and O–H groups in total. The number of rotatable bonds is 25. The maximum atomic E-state index is 6.50. The Bertz CT molecular complexity index is 1700. The maximum absolute atomic E-state index is 6.50. The minimum Gasteiger partial charge on any atom is -0.487 e. The van der Waals surface area contributed by atoms with Crippen molar-refractivity contribution in [1.82, 2.24) is 39.4 Å². The quantitative estimate of drug-likeness (QED) is 0.0916. The first kappa shape index (κ1) is 42.7. The summed E-state index contributed by atoms with van der Waals surface area (Å²) in [7, 11) is 1.65. The number of nitrogens with zero attached hydrogens (tertiary/aromatic N) is 8. The molecule has 17 nitrogen and oxygen atoms in total. The van der Waals surface area contributed by atoms with Gasteiger partial charge >= 0.3 is 0 Å². The molecule has 3 aromatic heterocycles. The van der Waals surface area contributed by atoms with Gasteiger partial charge in [-0.25, -0.2) is 19.6 Å². The van der Waals surface area contributed by atoms with Crippen molar-refractivity contribution in [2.45, 2.75) is 57.3 Å². The SMILES string of the molecule is COCCOCCOCCOCCOCCOc1nn(C2CCC(N3CCOCC3)CC2)cc1Nc1ncc(-c2ccc(Cl)c(O[C@@H](C)Cn3cncn3)c2)cn1. The number of nitrogens with one attached hydrogen (secondary N) is 1. The number of anilines is 2. The summed E-state index contributed by atoms with van der Waals surface area (Å²) in [4.78, 5) is 15.8. The number of ether oxygens (including phenoxy) is 8. The van der Waals surface area contributed by atoms with Crippen molar-refractivity contribution in [2.24, 2.45) is 0 Å². The topological polar surface area (TPSA) is 163 Å². The van der Waals surface area contributed by atoms with Crippen LogP contribution < -0.4 is 14.8 Å². The molecule has 1 aliphatic heterocycles. The van der Waals surface area contributed by atoms with Crippen LogP contribution >= 0.6 is 11.6 Å². The molecule has 312 valence electrons. The molecule has 1 saturated heterocycles. The molecule has 1 saturated carbocycles. The van der Waals surface area contributed by atoms with Gasteiger partial charge in [-0.3, -0.25) is 9.58 Å². The van der Waals surface area contributed by atoms with E-state index in [0.717, 1.165) is 63.1 Å². The van der Waals surface area contributed by atoms with Crippen LogP contribution in [0, 0.1) is 0 Å². The Kier molecular flexibility index (Phi) is 17.6. The molecule has 4 heterocycles. The van der Waals surface area contributed by atoms with Gasteiger partial charge < -0.3 is 43.2 Å². The van der Waals surface area contributed by atoms with Gasteiger partial charge in [-0.15, -0.1) is 5.10 Å². The number of aromatic nitrogens is 7. The van der Waals surface area contributed by atoms with E-state index in [2.05, 4.69) is 30.3 Å². The minimum absolute atomic E-state index is 0.182. The summed E-state index contributed by atoms with van der Waals surface area (Å²) < 4.78 is 48.8. The van der Waals surface area contributed by atoms with Crippen LogP contribution in [0.5, 0.6) is 11.6 Å². The van der Waals surface area contributed by atoms with Gasteiger partial charge in [0.2, 0.25) is 5.95 Å². The molecule has 0 unspecified atom stereocenters. The largest absolute Gasteiger partial charge is 0.487 e. The second-order valence-electron chi connectivity index (χ2n) is 13.8. The lowest BCUT2D eigenvalue weighted by Gasteiger charge is -2.38. The number of methoxy groups -OCH3 is 1. The van der Waals surface area contributed by atoms with E-state index in [1.165, 1.54) is 6.33 Å². The normalized spacial score (nSPS) is 18.1. The third-order valence-corrected chi connectivity index (χ3v) is 10.0. The first-order chi connectivity index (χ1) is 28.1. The van der Waals surface area contributed by atoms with Crippen molar-refractivity contribution in [2.75, 3.05) is 105 Å². The molecule has 0 amide bonds. The fourth-order valence-corrected chi connectivity index (χ4v) is 6.93. The zero-order chi connectivity index (χ0) is 39.5. The van der Waals surface area contributed by atoms with Crippen molar-refractivity contribution in [3.8, 4) is 22.8 Å².